The van der Waals surface area contributed by atoms with Gasteiger partial charge in [-0.2, -0.15) is 0 Å². The Morgan fingerprint density at radius 3 is 3.04 bits per heavy atom. The molecule has 0 bridgehead atoms. The number of ether oxygens (including phenoxy) is 1. The van der Waals surface area contributed by atoms with Crippen LogP contribution in [0.2, 0.25) is 0 Å². The first-order valence-electron chi connectivity index (χ1n) is 9.10. The molecule has 1 aromatic heterocycles. The molecule has 1 saturated heterocycles. The van der Waals surface area contributed by atoms with Gasteiger partial charge in [0.15, 0.2) is 0 Å². The van der Waals surface area contributed by atoms with Gasteiger partial charge in [0, 0.05) is 36.3 Å². The maximum atomic E-state index is 13.2. The molecule has 2 heterocycles. The lowest BCUT2D eigenvalue weighted by atomic mass is 10.0. The molecular weight excluding hydrogens is 321 g/mol. The van der Waals surface area contributed by atoms with Crippen molar-refractivity contribution in [2.45, 2.75) is 44.2 Å². The van der Waals surface area contributed by atoms with Gasteiger partial charge in [0.25, 0.3) is 0 Å². The molecule has 2 aliphatic rings. The van der Waals surface area contributed by atoms with Crippen molar-refractivity contribution in [2.75, 3.05) is 13.2 Å². The standard InChI is InChI=1S/C19H24FN3O2/c20-14-3-4-16-13(11-22-17(16)9-14)5-7-21-19(24)23-15-6-8-25-18(10-15)12-1-2-12/h3-4,9,11-12,15,18,22H,1-2,5-8,10H2,(H2,21,23,24)/t15-,18+/m1/s1. The average molecular weight is 345 g/mol. The van der Waals surface area contributed by atoms with E-state index in [0.29, 0.717) is 25.0 Å². The molecule has 0 spiro atoms. The number of aromatic nitrogens is 1. The summed E-state index contributed by atoms with van der Waals surface area (Å²) >= 11 is 0. The molecule has 2 amide bonds. The Labute approximate surface area is 146 Å². The van der Waals surface area contributed by atoms with Gasteiger partial charge in [-0.3, -0.25) is 0 Å². The fourth-order valence-corrected chi connectivity index (χ4v) is 3.67. The molecule has 4 rings (SSSR count). The summed E-state index contributed by atoms with van der Waals surface area (Å²) in [6.07, 6.45) is 7.23. The van der Waals surface area contributed by atoms with Crippen LogP contribution in [0.1, 0.15) is 31.2 Å². The number of carbonyl (C=O) groups excluding carboxylic acids is 1. The van der Waals surface area contributed by atoms with Crippen molar-refractivity contribution in [3.05, 3.63) is 35.8 Å². The van der Waals surface area contributed by atoms with Crippen molar-refractivity contribution in [3.8, 4) is 0 Å². The number of fused-ring (bicyclic) bond motifs is 1. The molecule has 2 fully saturated rings. The van der Waals surface area contributed by atoms with Crippen LogP contribution in [0.25, 0.3) is 10.9 Å². The molecule has 0 unspecified atom stereocenters. The number of halogens is 1. The third kappa shape index (κ3) is 3.95. The summed E-state index contributed by atoms with van der Waals surface area (Å²) in [6.45, 7) is 1.28. The van der Waals surface area contributed by atoms with E-state index in [4.69, 9.17) is 4.74 Å². The second-order valence-electron chi connectivity index (χ2n) is 7.12. The molecule has 25 heavy (non-hydrogen) atoms. The minimum absolute atomic E-state index is 0.118. The summed E-state index contributed by atoms with van der Waals surface area (Å²) in [5.74, 6) is 0.457. The first-order valence-corrected chi connectivity index (χ1v) is 9.10. The summed E-state index contributed by atoms with van der Waals surface area (Å²) in [4.78, 5) is 15.2. The van der Waals surface area contributed by atoms with Crippen molar-refractivity contribution in [2.24, 2.45) is 5.92 Å². The van der Waals surface area contributed by atoms with E-state index < -0.39 is 0 Å². The van der Waals surface area contributed by atoms with Crippen molar-refractivity contribution in [3.63, 3.8) is 0 Å². The highest BCUT2D eigenvalue weighted by atomic mass is 19.1. The Balaban J connectivity index is 1.24. The zero-order valence-electron chi connectivity index (χ0n) is 14.2. The van der Waals surface area contributed by atoms with E-state index in [-0.39, 0.29) is 17.9 Å². The predicted octanol–water partition coefficient (Wildman–Crippen LogP) is 3.11. The van der Waals surface area contributed by atoms with Crippen LogP contribution in [0.15, 0.2) is 24.4 Å². The Bertz CT molecular complexity index is 756. The van der Waals surface area contributed by atoms with Crippen LogP contribution in [-0.4, -0.2) is 36.3 Å². The summed E-state index contributed by atoms with van der Waals surface area (Å²) in [7, 11) is 0. The lowest BCUT2D eigenvalue weighted by Crippen LogP contribution is -2.47. The van der Waals surface area contributed by atoms with Crippen molar-refractivity contribution in [1.29, 1.82) is 0 Å². The molecular formula is C19H24FN3O2. The minimum atomic E-state index is -0.251. The largest absolute Gasteiger partial charge is 0.378 e. The Hall–Kier alpha value is -2.08. The highest BCUT2D eigenvalue weighted by Crippen LogP contribution is 2.38. The molecule has 6 heteroatoms. The topological polar surface area (TPSA) is 66.2 Å². The van der Waals surface area contributed by atoms with Gasteiger partial charge < -0.3 is 20.4 Å². The highest BCUT2D eigenvalue weighted by Gasteiger charge is 2.36. The molecule has 5 nitrogen and oxygen atoms in total. The SMILES string of the molecule is O=C(NCCc1c[nH]c2cc(F)ccc12)N[C@@H]1CCO[C@H](C2CC2)C1. The Morgan fingerprint density at radius 2 is 2.20 bits per heavy atom. The number of aromatic amines is 1. The lowest BCUT2D eigenvalue weighted by Gasteiger charge is -2.30. The zero-order valence-corrected chi connectivity index (χ0v) is 14.2. The van der Waals surface area contributed by atoms with E-state index in [9.17, 15) is 9.18 Å². The lowest BCUT2D eigenvalue weighted by molar-refractivity contribution is -0.00913. The minimum Gasteiger partial charge on any atom is -0.378 e. The maximum Gasteiger partial charge on any atom is 0.315 e. The van der Waals surface area contributed by atoms with Gasteiger partial charge in [-0.1, -0.05) is 0 Å². The third-order valence-corrected chi connectivity index (χ3v) is 5.21. The molecule has 2 aromatic rings. The number of H-pyrrole nitrogens is 1. The number of benzene rings is 1. The summed E-state index contributed by atoms with van der Waals surface area (Å²) in [6, 6.07) is 4.81. The summed E-state index contributed by atoms with van der Waals surface area (Å²) < 4.78 is 19.0. The molecule has 2 atom stereocenters. The molecule has 1 saturated carbocycles. The fourth-order valence-electron chi connectivity index (χ4n) is 3.67. The van der Waals surface area contributed by atoms with Crippen molar-refractivity contribution < 1.29 is 13.9 Å². The fraction of sp³-hybridized carbons (Fsp3) is 0.526. The van der Waals surface area contributed by atoms with Gasteiger partial charge in [0.05, 0.1) is 6.10 Å². The number of hydrogen-bond donors (Lipinski definition) is 3. The first-order chi connectivity index (χ1) is 12.2. The van der Waals surface area contributed by atoms with E-state index in [1.165, 1.54) is 25.0 Å². The van der Waals surface area contributed by atoms with Crippen LogP contribution >= 0.6 is 0 Å². The smallest absolute Gasteiger partial charge is 0.315 e. The molecule has 0 radical (unpaired) electrons. The Morgan fingerprint density at radius 1 is 1.32 bits per heavy atom. The van der Waals surface area contributed by atoms with Crippen LogP contribution in [0, 0.1) is 11.7 Å². The van der Waals surface area contributed by atoms with E-state index in [0.717, 1.165) is 35.9 Å². The number of nitrogens with one attached hydrogen (secondary N) is 3. The van der Waals surface area contributed by atoms with Gasteiger partial charge in [-0.15, -0.1) is 0 Å². The quantitative estimate of drug-likeness (QED) is 0.779. The monoisotopic (exact) mass is 345 g/mol. The number of hydrogen-bond acceptors (Lipinski definition) is 2. The van der Waals surface area contributed by atoms with Gasteiger partial charge >= 0.3 is 6.03 Å². The first kappa shape index (κ1) is 16.4. The van der Waals surface area contributed by atoms with Gasteiger partial charge in [-0.05, 0) is 61.8 Å². The van der Waals surface area contributed by atoms with E-state index in [2.05, 4.69) is 15.6 Å². The van der Waals surface area contributed by atoms with E-state index >= 15 is 0 Å². The Kier molecular flexibility index (Phi) is 4.61. The van der Waals surface area contributed by atoms with Crippen molar-refractivity contribution in [1.82, 2.24) is 15.6 Å². The van der Waals surface area contributed by atoms with Crippen molar-refractivity contribution >= 4 is 16.9 Å². The van der Waals surface area contributed by atoms with Crippen LogP contribution < -0.4 is 10.6 Å². The van der Waals surface area contributed by atoms with Gasteiger partial charge in [-0.25, -0.2) is 9.18 Å². The molecule has 1 aromatic carbocycles. The van der Waals surface area contributed by atoms with Gasteiger partial charge in [0.2, 0.25) is 0 Å². The number of amides is 2. The van der Waals surface area contributed by atoms with Crippen LogP contribution in [0.5, 0.6) is 0 Å². The second kappa shape index (κ2) is 7.04. The molecule has 1 aliphatic heterocycles. The van der Waals surface area contributed by atoms with Gasteiger partial charge in [0.1, 0.15) is 5.82 Å². The molecule has 1 aliphatic carbocycles. The average Bonchev–Trinajstić information content (AvgIpc) is 3.38. The zero-order chi connectivity index (χ0) is 17.2. The van der Waals surface area contributed by atoms with Crippen LogP contribution in [0.4, 0.5) is 9.18 Å². The summed E-state index contributed by atoms with van der Waals surface area (Å²) in [5, 5.41) is 6.99. The molecule has 3 N–H and O–H groups in total. The highest BCUT2D eigenvalue weighted by molar-refractivity contribution is 5.83. The molecule has 134 valence electrons. The van der Waals surface area contributed by atoms with Crippen LogP contribution in [-0.2, 0) is 11.2 Å². The number of rotatable bonds is 5. The van der Waals surface area contributed by atoms with E-state index in [1.807, 2.05) is 6.20 Å². The predicted molar refractivity (Wildman–Crippen MR) is 94.0 cm³/mol. The number of carbonyl (C=O) groups is 1. The third-order valence-electron chi connectivity index (χ3n) is 5.21. The summed E-state index contributed by atoms with van der Waals surface area (Å²) in [5.41, 5.74) is 1.86. The van der Waals surface area contributed by atoms with Crippen LogP contribution in [0.3, 0.4) is 0 Å². The normalized spacial score (nSPS) is 23.6. The number of urea groups is 1. The second-order valence-corrected chi connectivity index (χ2v) is 7.12. The maximum absolute atomic E-state index is 13.2. The van der Waals surface area contributed by atoms with E-state index in [1.54, 1.807) is 6.07 Å².